The molecule has 0 bridgehead atoms. The van der Waals surface area contributed by atoms with Crippen LogP contribution in [0, 0.1) is 0 Å². The number of piperazine rings is 1. The van der Waals surface area contributed by atoms with Crippen LogP contribution in [0.4, 0.5) is 0 Å². The molecule has 6 nitrogen and oxygen atoms in total. The quantitative estimate of drug-likeness (QED) is 0.658. The molecule has 0 aliphatic carbocycles. The molecule has 0 spiro atoms. The smallest absolute Gasteiger partial charge is 0.312 e. The summed E-state index contributed by atoms with van der Waals surface area (Å²) in [6.45, 7) is 7.42. The molecule has 2 atom stereocenters. The van der Waals surface area contributed by atoms with Crippen LogP contribution in [0.25, 0.3) is 0 Å². The first kappa shape index (κ1) is 22.0. The number of likely N-dealkylation sites (N-methyl/N-ethyl adjacent to an activating group) is 1. The number of hydrogen-bond acceptors (Lipinski definition) is 4. The Kier molecular flexibility index (Phi) is 7.26. The molecule has 1 aliphatic rings. The molecular formula is C23H29N3O3S. The van der Waals surface area contributed by atoms with Crippen LogP contribution in [0.3, 0.4) is 0 Å². The molecule has 1 aromatic heterocycles. The highest BCUT2D eigenvalue weighted by atomic mass is 32.1. The summed E-state index contributed by atoms with van der Waals surface area (Å²) in [6, 6.07) is 12.0. The van der Waals surface area contributed by atoms with Gasteiger partial charge < -0.3 is 15.1 Å². The fraction of sp³-hybridized carbons (Fsp3) is 0.435. The van der Waals surface area contributed by atoms with Crippen LogP contribution in [-0.4, -0.2) is 53.7 Å². The van der Waals surface area contributed by atoms with Gasteiger partial charge in [-0.1, -0.05) is 44.2 Å². The molecule has 1 N–H and O–H groups in total. The summed E-state index contributed by atoms with van der Waals surface area (Å²) in [7, 11) is 0. The van der Waals surface area contributed by atoms with Crippen LogP contribution in [0.15, 0.2) is 41.8 Å². The van der Waals surface area contributed by atoms with E-state index in [4.69, 9.17) is 0 Å². The number of carbonyl (C=O) groups is 3. The molecule has 2 heterocycles. The SMILES string of the molecule is CCC(C)c1ccc(C(NC(=O)CN2CCN(CC)C(=O)C2=O)c2cccs2)cc1. The van der Waals surface area contributed by atoms with Crippen LogP contribution >= 0.6 is 11.3 Å². The first-order valence-corrected chi connectivity index (χ1v) is 11.3. The summed E-state index contributed by atoms with van der Waals surface area (Å²) < 4.78 is 0. The lowest BCUT2D eigenvalue weighted by molar-refractivity contribution is -0.156. The van der Waals surface area contributed by atoms with Gasteiger partial charge in [0.1, 0.15) is 6.54 Å². The summed E-state index contributed by atoms with van der Waals surface area (Å²) in [4.78, 5) is 41.1. The third kappa shape index (κ3) is 4.90. The van der Waals surface area contributed by atoms with Crippen molar-refractivity contribution in [1.82, 2.24) is 15.1 Å². The van der Waals surface area contributed by atoms with Crippen LogP contribution < -0.4 is 5.32 Å². The average molecular weight is 428 g/mol. The van der Waals surface area contributed by atoms with Crippen molar-refractivity contribution in [2.24, 2.45) is 0 Å². The highest BCUT2D eigenvalue weighted by Crippen LogP contribution is 2.28. The van der Waals surface area contributed by atoms with Gasteiger partial charge in [0.2, 0.25) is 5.91 Å². The van der Waals surface area contributed by atoms with Gasteiger partial charge in [-0.15, -0.1) is 11.3 Å². The molecule has 1 saturated heterocycles. The first-order chi connectivity index (χ1) is 14.4. The van der Waals surface area contributed by atoms with E-state index in [0.29, 0.717) is 25.6 Å². The summed E-state index contributed by atoms with van der Waals surface area (Å²) in [6.07, 6.45) is 1.07. The Morgan fingerprint density at radius 2 is 1.67 bits per heavy atom. The minimum absolute atomic E-state index is 0.116. The van der Waals surface area contributed by atoms with E-state index in [9.17, 15) is 14.4 Å². The van der Waals surface area contributed by atoms with Crippen molar-refractivity contribution in [1.29, 1.82) is 0 Å². The van der Waals surface area contributed by atoms with E-state index in [1.54, 1.807) is 11.3 Å². The molecule has 160 valence electrons. The molecule has 3 rings (SSSR count). The first-order valence-electron chi connectivity index (χ1n) is 10.4. The van der Waals surface area contributed by atoms with E-state index in [1.165, 1.54) is 15.4 Å². The second-order valence-electron chi connectivity index (χ2n) is 7.60. The lowest BCUT2D eigenvalue weighted by Gasteiger charge is -2.33. The van der Waals surface area contributed by atoms with Crippen molar-refractivity contribution in [3.05, 3.63) is 57.8 Å². The molecule has 1 aromatic carbocycles. The molecule has 1 fully saturated rings. The van der Waals surface area contributed by atoms with Crippen LogP contribution in [-0.2, 0) is 14.4 Å². The maximum atomic E-state index is 12.8. The molecule has 30 heavy (non-hydrogen) atoms. The Labute approximate surface area is 181 Å². The standard InChI is InChI=1S/C23H29N3O3S/c1-4-16(3)17-8-10-18(11-9-17)21(19-7-6-14-30-19)24-20(27)15-26-13-12-25(5-2)22(28)23(26)29/h6-11,14,16,21H,4-5,12-13,15H2,1-3H3,(H,24,27). The van der Waals surface area contributed by atoms with Gasteiger partial charge in [0.15, 0.2) is 0 Å². The van der Waals surface area contributed by atoms with Gasteiger partial charge in [0, 0.05) is 24.5 Å². The Morgan fingerprint density at radius 3 is 2.27 bits per heavy atom. The Morgan fingerprint density at radius 1 is 1.03 bits per heavy atom. The van der Waals surface area contributed by atoms with Crippen molar-refractivity contribution in [2.75, 3.05) is 26.2 Å². The summed E-state index contributed by atoms with van der Waals surface area (Å²) in [5, 5.41) is 5.04. The zero-order chi connectivity index (χ0) is 21.7. The van der Waals surface area contributed by atoms with Gasteiger partial charge in [-0.3, -0.25) is 14.4 Å². The number of thiophene rings is 1. The van der Waals surface area contributed by atoms with Crippen LogP contribution in [0.5, 0.6) is 0 Å². The monoisotopic (exact) mass is 427 g/mol. The molecule has 2 aromatic rings. The molecule has 0 radical (unpaired) electrons. The number of benzene rings is 1. The van der Waals surface area contributed by atoms with E-state index < -0.39 is 11.8 Å². The minimum atomic E-state index is -0.608. The Balaban J connectivity index is 1.72. The largest absolute Gasteiger partial charge is 0.343 e. The van der Waals surface area contributed by atoms with Crippen molar-refractivity contribution < 1.29 is 14.4 Å². The van der Waals surface area contributed by atoms with Crippen molar-refractivity contribution in [3.8, 4) is 0 Å². The maximum absolute atomic E-state index is 12.8. The molecular weight excluding hydrogens is 398 g/mol. The Hall–Kier alpha value is -2.67. The van der Waals surface area contributed by atoms with E-state index >= 15 is 0 Å². The molecule has 1 aliphatic heterocycles. The van der Waals surface area contributed by atoms with Crippen molar-refractivity contribution in [3.63, 3.8) is 0 Å². The second-order valence-corrected chi connectivity index (χ2v) is 8.58. The number of carbonyl (C=O) groups excluding carboxylic acids is 3. The zero-order valence-electron chi connectivity index (χ0n) is 17.8. The van der Waals surface area contributed by atoms with Crippen molar-refractivity contribution >= 4 is 29.1 Å². The molecule has 2 unspecified atom stereocenters. The Bertz CT molecular complexity index is 880. The normalized spacial score (nSPS) is 16.5. The number of rotatable bonds is 8. The van der Waals surface area contributed by atoms with E-state index in [1.807, 2.05) is 24.4 Å². The zero-order valence-corrected chi connectivity index (χ0v) is 18.6. The predicted molar refractivity (Wildman–Crippen MR) is 118 cm³/mol. The molecule has 3 amide bonds. The highest BCUT2D eigenvalue weighted by molar-refractivity contribution is 7.10. The minimum Gasteiger partial charge on any atom is -0.343 e. The second kappa shape index (κ2) is 9.89. The van der Waals surface area contributed by atoms with Gasteiger partial charge in [-0.05, 0) is 41.8 Å². The summed E-state index contributed by atoms with van der Waals surface area (Å²) in [5.41, 5.74) is 2.27. The average Bonchev–Trinajstić information content (AvgIpc) is 3.29. The third-order valence-corrected chi connectivity index (χ3v) is 6.63. The predicted octanol–water partition coefficient (Wildman–Crippen LogP) is 3.16. The highest BCUT2D eigenvalue weighted by Gasteiger charge is 2.33. The third-order valence-electron chi connectivity index (χ3n) is 5.70. The fourth-order valence-electron chi connectivity index (χ4n) is 3.57. The van der Waals surface area contributed by atoms with Gasteiger partial charge in [0.25, 0.3) is 0 Å². The summed E-state index contributed by atoms with van der Waals surface area (Å²) >= 11 is 1.58. The molecule has 7 heteroatoms. The van der Waals surface area contributed by atoms with Crippen LogP contribution in [0.1, 0.15) is 55.2 Å². The van der Waals surface area contributed by atoms with Crippen LogP contribution in [0.2, 0.25) is 0 Å². The number of amides is 3. The van der Waals surface area contributed by atoms with E-state index in [-0.39, 0.29) is 18.5 Å². The number of hydrogen-bond donors (Lipinski definition) is 1. The summed E-state index contributed by atoms with van der Waals surface area (Å²) in [5.74, 6) is -0.930. The van der Waals surface area contributed by atoms with Gasteiger partial charge >= 0.3 is 11.8 Å². The lowest BCUT2D eigenvalue weighted by atomic mass is 9.95. The lowest BCUT2D eigenvalue weighted by Crippen LogP contribution is -2.56. The maximum Gasteiger partial charge on any atom is 0.312 e. The van der Waals surface area contributed by atoms with E-state index in [0.717, 1.165) is 16.9 Å². The van der Waals surface area contributed by atoms with Crippen molar-refractivity contribution in [2.45, 2.75) is 39.2 Å². The van der Waals surface area contributed by atoms with Gasteiger partial charge in [-0.25, -0.2) is 0 Å². The number of nitrogens with zero attached hydrogens (tertiary/aromatic N) is 2. The molecule has 0 saturated carbocycles. The van der Waals surface area contributed by atoms with E-state index in [2.05, 4.69) is 43.4 Å². The number of nitrogens with one attached hydrogen (secondary N) is 1. The topological polar surface area (TPSA) is 69.7 Å². The van der Waals surface area contributed by atoms with Gasteiger partial charge in [0.05, 0.1) is 6.04 Å². The fourth-order valence-corrected chi connectivity index (χ4v) is 4.38. The van der Waals surface area contributed by atoms with Gasteiger partial charge in [-0.2, -0.15) is 0 Å².